The van der Waals surface area contributed by atoms with Crippen molar-refractivity contribution in [1.82, 2.24) is 0 Å². The summed E-state index contributed by atoms with van der Waals surface area (Å²) in [4.78, 5) is 11.2. The lowest BCUT2D eigenvalue weighted by Gasteiger charge is -2.20. The Bertz CT molecular complexity index is 413. The fraction of sp³-hybridized carbons (Fsp3) is 0.417. The number of aryl methyl sites for hydroxylation is 1. The minimum Gasteiger partial charge on any atom is -0.507 e. The first-order valence-electron chi connectivity index (χ1n) is 5.07. The molecule has 2 N–H and O–H groups in total. The highest BCUT2D eigenvalue weighted by Gasteiger charge is 2.28. The van der Waals surface area contributed by atoms with Crippen LogP contribution >= 0.6 is 15.9 Å². The minimum absolute atomic E-state index is 0.0653. The third-order valence-corrected chi connectivity index (χ3v) is 3.30. The number of phenolic OH excluding ortho intramolecular Hbond substituents is 1. The molecule has 1 aromatic rings. The molecule has 0 amide bonds. The number of carboxylic acid groups (broad SMARTS) is 1. The smallest absolute Gasteiger partial charge is 0.311 e. The molecule has 4 heteroatoms. The van der Waals surface area contributed by atoms with E-state index in [4.69, 9.17) is 0 Å². The largest absolute Gasteiger partial charge is 0.507 e. The molecule has 0 aromatic heterocycles. The van der Waals surface area contributed by atoms with E-state index in [1.54, 1.807) is 19.1 Å². The van der Waals surface area contributed by atoms with E-state index in [2.05, 4.69) is 15.9 Å². The van der Waals surface area contributed by atoms with Crippen molar-refractivity contribution in [3.8, 4) is 5.75 Å². The first-order valence-corrected chi connectivity index (χ1v) is 5.86. The highest BCUT2D eigenvalue weighted by molar-refractivity contribution is 9.10. The van der Waals surface area contributed by atoms with Gasteiger partial charge >= 0.3 is 5.97 Å². The summed E-state index contributed by atoms with van der Waals surface area (Å²) in [5.74, 6) is -1.64. The van der Waals surface area contributed by atoms with Crippen LogP contribution in [0, 0.1) is 12.8 Å². The van der Waals surface area contributed by atoms with E-state index in [-0.39, 0.29) is 11.7 Å². The van der Waals surface area contributed by atoms with Crippen LogP contribution in [0.1, 0.15) is 30.9 Å². The van der Waals surface area contributed by atoms with Crippen molar-refractivity contribution >= 4 is 21.9 Å². The van der Waals surface area contributed by atoms with Crippen LogP contribution in [0.5, 0.6) is 5.75 Å². The maximum absolute atomic E-state index is 11.2. The van der Waals surface area contributed by atoms with Gasteiger partial charge in [-0.1, -0.05) is 35.8 Å². The number of aromatic hydroxyl groups is 1. The molecular weight excluding hydrogens is 272 g/mol. The number of phenols is 1. The second-order valence-electron chi connectivity index (χ2n) is 4.19. The maximum Gasteiger partial charge on any atom is 0.311 e. The zero-order valence-corrected chi connectivity index (χ0v) is 11.1. The monoisotopic (exact) mass is 286 g/mol. The van der Waals surface area contributed by atoms with E-state index in [0.717, 1.165) is 0 Å². The topological polar surface area (TPSA) is 57.5 Å². The Morgan fingerprint density at radius 3 is 2.38 bits per heavy atom. The molecule has 0 spiro atoms. The van der Waals surface area contributed by atoms with Crippen molar-refractivity contribution in [1.29, 1.82) is 0 Å². The van der Waals surface area contributed by atoms with Crippen molar-refractivity contribution in [2.75, 3.05) is 0 Å². The predicted molar refractivity (Wildman–Crippen MR) is 65.8 cm³/mol. The normalized spacial score (nSPS) is 12.8. The lowest BCUT2D eigenvalue weighted by Crippen LogP contribution is -2.18. The molecule has 0 aliphatic heterocycles. The lowest BCUT2D eigenvalue weighted by molar-refractivity contribution is -0.139. The second-order valence-corrected chi connectivity index (χ2v) is 5.04. The summed E-state index contributed by atoms with van der Waals surface area (Å²) in [7, 11) is 0. The molecule has 0 fully saturated rings. The first-order chi connectivity index (χ1) is 7.36. The lowest BCUT2D eigenvalue weighted by atomic mass is 9.87. The fourth-order valence-electron chi connectivity index (χ4n) is 1.73. The van der Waals surface area contributed by atoms with Crippen molar-refractivity contribution in [2.45, 2.75) is 26.7 Å². The summed E-state index contributed by atoms with van der Waals surface area (Å²) in [5, 5.41) is 19.2. The van der Waals surface area contributed by atoms with E-state index < -0.39 is 11.9 Å². The van der Waals surface area contributed by atoms with Gasteiger partial charge in [0, 0.05) is 10.0 Å². The van der Waals surface area contributed by atoms with Gasteiger partial charge in [0.2, 0.25) is 0 Å². The minimum atomic E-state index is -0.920. The Labute approximate surface area is 103 Å². The van der Waals surface area contributed by atoms with Gasteiger partial charge in [0.1, 0.15) is 5.75 Å². The molecule has 1 unspecified atom stereocenters. The Kier molecular flexibility index (Phi) is 3.97. The van der Waals surface area contributed by atoms with Crippen LogP contribution in [0.25, 0.3) is 0 Å². The molecule has 88 valence electrons. The van der Waals surface area contributed by atoms with Gasteiger partial charge in [-0.3, -0.25) is 4.79 Å². The molecule has 0 heterocycles. The fourth-order valence-corrected chi connectivity index (χ4v) is 2.30. The van der Waals surface area contributed by atoms with E-state index in [0.29, 0.717) is 15.6 Å². The molecule has 1 atom stereocenters. The summed E-state index contributed by atoms with van der Waals surface area (Å²) < 4.78 is 0.636. The molecule has 0 radical (unpaired) electrons. The summed E-state index contributed by atoms with van der Waals surface area (Å²) in [6.45, 7) is 5.41. The second kappa shape index (κ2) is 4.87. The molecule has 3 nitrogen and oxygen atoms in total. The van der Waals surface area contributed by atoms with Crippen LogP contribution in [-0.2, 0) is 4.79 Å². The molecule has 16 heavy (non-hydrogen) atoms. The number of benzene rings is 1. The summed E-state index contributed by atoms with van der Waals surface area (Å²) >= 11 is 3.30. The molecule has 0 bridgehead atoms. The highest BCUT2D eigenvalue weighted by Crippen LogP contribution is 2.38. The molecular formula is C12H15BrO3. The van der Waals surface area contributed by atoms with E-state index in [1.165, 1.54) is 0 Å². The standard InChI is InChI=1S/C12H15BrO3/c1-6(2)9(12(15)16)10-8(13)5-4-7(3)11(10)14/h4-6,9,14H,1-3H3,(H,15,16). The third-order valence-electron chi connectivity index (χ3n) is 2.61. The average molecular weight is 287 g/mol. The van der Waals surface area contributed by atoms with Gasteiger partial charge in [0.25, 0.3) is 0 Å². The van der Waals surface area contributed by atoms with Crippen LogP contribution < -0.4 is 0 Å². The van der Waals surface area contributed by atoms with Crippen molar-refractivity contribution in [2.24, 2.45) is 5.92 Å². The number of hydrogen-bond donors (Lipinski definition) is 2. The van der Waals surface area contributed by atoms with Gasteiger partial charge < -0.3 is 10.2 Å². The molecule has 1 rings (SSSR count). The van der Waals surface area contributed by atoms with Crippen LogP contribution in [0.4, 0.5) is 0 Å². The van der Waals surface area contributed by atoms with E-state index in [1.807, 2.05) is 13.8 Å². The number of rotatable bonds is 3. The third kappa shape index (κ3) is 2.38. The summed E-state index contributed by atoms with van der Waals surface area (Å²) in [6.07, 6.45) is 0. The van der Waals surface area contributed by atoms with Gasteiger partial charge in [-0.25, -0.2) is 0 Å². The van der Waals surface area contributed by atoms with Crippen molar-refractivity contribution in [3.63, 3.8) is 0 Å². The summed E-state index contributed by atoms with van der Waals surface area (Å²) in [5.41, 5.74) is 1.15. The number of halogens is 1. The van der Waals surface area contributed by atoms with Crippen LogP contribution in [0.15, 0.2) is 16.6 Å². The van der Waals surface area contributed by atoms with Gasteiger partial charge in [0.15, 0.2) is 0 Å². The molecule has 0 aliphatic rings. The van der Waals surface area contributed by atoms with Crippen LogP contribution in [-0.4, -0.2) is 16.2 Å². The Morgan fingerprint density at radius 1 is 1.38 bits per heavy atom. The SMILES string of the molecule is Cc1ccc(Br)c(C(C(=O)O)C(C)C)c1O. The quantitative estimate of drug-likeness (QED) is 0.896. The van der Waals surface area contributed by atoms with Crippen LogP contribution in [0.3, 0.4) is 0 Å². The van der Waals surface area contributed by atoms with Crippen molar-refractivity contribution in [3.05, 3.63) is 27.7 Å². The Morgan fingerprint density at radius 2 is 1.94 bits per heavy atom. The van der Waals surface area contributed by atoms with Gasteiger partial charge in [-0.05, 0) is 24.5 Å². The van der Waals surface area contributed by atoms with Gasteiger partial charge in [-0.15, -0.1) is 0 Å². The van der Waals surface area contributed by atoms with E-state index in [9.17, 15) is 15.0 Å². The van der Waals surface area contributed by atoms with Crippen molar-refractivity contribution < 1.29 is 15.0 Å². The Balaban J connectivity index is 3.40. The number of carbonyl (C=O) groups is 1. The zero-order chi connectivity index (χ0) is 12.5. The number of aliphatic carboxylic acids is 1. The molecule has 1 aromatic carbocycles. The van der Waals surface area contributed by atoms with E-state index >= 15 is 0 Å². The average Bonchev–Trinajstić information content (AvgIpc) is 2.17. The maximum atomic E-state index is 11.2. The highest BCUT2D eigenvalue weighted by atomic mass is 79.9. The predicted octanol–water partition coefficient (Wildman–Crippen LogP) is 3.29. The first kappa shape index (κ1) is 13.0. The molecule has 0 saturated carbocycles. The summed E-state index contributed by atoms with van der Waals surface area (Å²) in [6, 6.07) is 3.52. The molecule has 0 saturated heterocycles. The molecule has 0 aliphatic carbocycles. The van der Waals surface area contributed by atoms with Crippen LogP contribution in [0.2, 0.25) is 0 Å². The number of hydrogen-bond acceptors (Lipinski definition) is 2. The number of carboxylic acids is 1. The Hall–Kier alpha value is -1.03. The van der Waals surface area contributed by atoms with Gasteiger partial charge in [0.05, 0.1) is 5.92 Å². The zero-order valence-electron chi connectivity index (χ0n) is 9.49. The van der Waals surface area contributed by atoms with Gasteiger partial charge in [-0.2, -0.15) is 0 Å².